The molecule has 0 bridgehead atoms. The number of nitrogens with zero attached hydrogens (tertiary/aromatic N) is 1. The van der Waals surface area contributed by atoms with Crippen LogP contribution in [0.25, 0.3) is 10.2 Å². The molecule has 2 amide bonds. The monoisotopic (exact) mass is 459 g/mol. The van der Waals surface area contributed by atoms with Crippen molar-refractivity contribution in [3.8, 4) is 5.75 Å². The zero-order valence-electron chi connectivity index (χ0n) is 16.1. The standard InChI is InChI=1S/C22H19Cl2N3O2S/c1-13-10-15(29-12-21-26-19-4-2-3-5-20(19)30-21)7-9-18(13)27-22(28)25-14-6-8-16(23)17(24)11-14/h2-5,7-11,14H,6,12H2,1H3,(H2,25,27,28). The second kappa shape index (κ2) is 9.08. The van der Waals surface area contributed by atoms with Gasteiger partial charge in [-0.1, -0.05) is 41.4 Å². The molecule has 1 aliphatic carbocycles. The SMILES string of the molecule is Cc1cc(OCc2nc3ccccc3s2)ccc1NC(=O)NC1C=C(Cl)C(Cl)=CC1. The summed E-state index contributed by atoms with van der Waals surface area (Å²) in [4.78, 5) is 16.9. The molecule has 1 atom stereocenters. The van der Waals surface area contributed by atoms with Gasteiger partial charge in [0.15, 0.2) is 0 Å². The quantitative estimate of drug-likeness (QED) is 0.468. The van der Waals surface area contributed by atoms with E-state index in [-0.39, 0.29) is 12.1 Å². The lowest BCUT2D eigenvalue weighted by atomic mass is 10.1. The zero-order chi connectivity index (χ0) is 21.1. The van der Waals surface area contributed by atoms with Crippen molar-refractivity contribution in [2.45, 2.75) is 26.0 Å². The number of allylic oxidation sites excluding steroid dienone is 2. The lowest BCUT2D eigenvalue weighted by molar-refractivity contribution is 0.250. The highest BCUT2D eigenvalue weighted by Crippen LogP contribution is 2.27. The summed E-state index contributed by atoms with van der Waals surface area (Å²) in [6, 6.07) is 13.1. The molecule has 8 heteroatoms. The lowest BCUT2D eigenvalue weighted by Gasteiger charge is -2.19. The van der Waals surface area contributed by atoms with Crippen molar-refractivity contribution in [1.82, 2.24) is 10.3 Å². The Morgan fingerprint density at radius 1 is 1.23 bits per heavy atom. The number of fused-ring (bicyclic) bond motifs is 1. The number of urea groups is 1. The van der Waals surface area contributed by atoms with Crippen LogP contribution in [0.3, 0.4) is 0 Å². The summed E-state index contributed by atoms with van der Waals surface area (Å²) in [6.07, 6.45) is 4.12. The number of thiazole rings is 1. The number of hydrogen-bond donors (Lipinski definition) is 2. The fourth-order valence-corrected chi connectivity index (χ4v) is 4.33. The largest absolute Gasteiger partial charge is 0.486 e. The van der Waals surface area contributed by atoms with Gasteiger partial charge in [-0.15, -0.1) is 11.3 Å². The second-order valence-corrected chi connectivity index (χ2v) is 8.78. The number of halogens is 2. The molecule has 0 aliphatic heterocycles. The predicted molar refractivity (Wildman–Crippen MR) is 124 cm³/mol. The van der Waals surface area contributed by atoms with Gasteiger partial charge in [0, 0.05) is 5.69 Å². The molecule has 0 saturated heterocycles. The minimum absolute atomic E-state index is 0.197. The average Bonchev–Trinajstić information content (AvgIpc) is 3.14. The van der Waals surface area contributed by atoms with Crippen LogP contribution in [0.4, 0.5) is 10.5 Å². The lowest BCUT2D eigenvalue weighted by Crippen LogP contribution is -2.37. The number of rotatable bonds is 5. The number of ether oxygens (including phenoxy) is 1. The van der Waals surface area contributed by atoms with E-state index in [0.717, 1.165) is 26.5 Å². The number of para-hydroxylation sites is 1. The van der Waals surface area contributed by atoms with Gasteiger partial charge in [-0.3, -0.25) is 0 Å². The maximum atomic E-state index is 12.3. The molecule has 0 spiro atoms. The maximum absolute atomic E-state index is 12.3. The van der Waals surface area contributed by atoms with Crippen molar-refractivity contribution >= 4 is 56.5 Å². The van der Waals surface area contributed by atoms with Crippen LogP contribution in [0.15, 0.2) is 64.7 Å². The Balaban J connectivity index is 1.34. The van der Waals surface area contributed by atoms with Gasteiger partial charge in [0.2, 0.25) is 0 Å². The van der Waals surface area contributed by atoms with Gasteiger partial charge in [0.05, 0.1) is 26.3 Å². The number of benzene rings is 2. The van der Waals surface area contributed by atoms with Gasteiger partial charge < -0.3 is 15.4 Å². The van der Waals surface area contributed by atoms with Gasteiger partial charge in [-0.2, -0.15) is 0 Å². The van der Waals surface area contributed by atoms with Gasteiger partial charge in [-0.05, 0) is 55.3 Å². The summed E-state index contributed by atoms with van der Waals surface area (Å²) in [5, 5.41) is 7.60. The highest BCUT2D eigenvalue weighted by atomic mass is 35.5. The molecule has 1 unspecified atom stereocenters. The number of nitrogens with one attached hydrogen (secondary N) is 2. The first-order valence-corrected chi connectivity index (χ1v) is 10.9. The van der Waals surface area contributed by atoms with Crippen molar-refractivity contribution in [3.63, 3.8) is 0 Å². The smallest absolute Gasteiger partial charge is 0.319 e. The molecule has 3 aromatic rings. The summed E-state index contributed by atoms with van der Waals surface area (Å²) in [6.45, 7) is 2.32. The van der Waals surface area contributed by atoms with E-state index in [9.17, 15) is 4.79 Å². The summed E-state index contributed by atoms with van der Waals surface area (Å²) >= 11 is 13.6. The summed E-state index contributed by atoms with van der Waals surface area (Å²) < 4.78 is 7.03. The van der Waals surface area contributed by atoms with Gasteiger partial charge in [0.25, 0.3) is 0 Å². The molecule has 4 rings (SSSR count). The molecule has 0 saturated carbocycles. The fraction of sp³-hybridized carbons (Fsp3) is 0.182. The molecule has 1 heterocycles. The van der Waals surface area contributed by atoms with Crippen molar-refractivity contribution in [2.24, 2.45) is 0 Å². The molecular formula is C22H19Cl2N3O2S. The Labute approximate surface area is 188 Å². The van der Waals surface area contributed by atoms with Crippen LogP contribution in [-0.2, 0) is 6.61 Å². The van der Waals surface area contributed by atoms with E-state index in [1.807, 2.05) is 49.4 Å². The Bertz CT molecular complexity index is 1120. The van der Waals surface area contributed by atoms with E-state index >= 15 is 0 Å². The van der Waals surface area contributed by atoms with Gasteiger partial charge in [0.1, 0.15) is 17.4 Å². The van der Waals surface area contributed by atoms with E-state index in [2.05, 4.69) is 15.6 Å². The minimum atomic E-state index is -0.307. The van der Waals surface area contributed by atoms with E-state index in [0.29, 0.717) is 28.8 Å². The normalized spacial score (nSPS) is 16.0. The Hall–Kier alpha value is -2.54. The maximum Gasteiger partial charge on any atom is 0.319 e. The number of carbonyl (C=O) groups is 1. The third-order valence-electron chi connectivity index (χ3n) is 4.59. The van der Waals surface area contributed by atoms with Crippen LogP contribution in [0.2, 0.25) is 0 Å². The average molecular weight is 460 g/mol. The van der Waals surface area contributed by atoms with Gasteiger partial charge >= 0.3 is 6.03 Å². The van der Waals surface area contributed by atoms with Gasteiger partial charge in [-0.25, -0.2) is 9.78 Å². The Morgan fingerprint density at radius 2 is 2.07 bits per heavy atom. The number of hydrogen-bond acceptors (Lipinski definition) is 4. The number of aromatic nitrogens is 1. The second-order valence-electron chi connectivity index (χ2n) is 6.85. The summed E-state index contributed by atoms with van der Waals surface area (Å²) in [7, 11) is 0. The van der Waals surface area contributed by atoms with Crippen molar-refractivity contribution in [3.05, 3.63) is 75.3 Å². The Morgan fingerprint density at radius 3 is 2.83 bits per heavy atom. The van der Waals surface area contributed by atoms with E-state index < -0.39 is 0 Å². The first kappa shape index (κ1) is 20.7. The molecule has 2 aromatic carbocycles. The molecule has 2 N–H and O–H groups in total. The minimum Gasteiger partial charge on any atom is -0.486 e. The van der Waals surface area contributed by atoms with Crippen molar-refractivity contribution in [1.29, 1.82) is 0 Å². The highest BCUT2D eigenvalue weighted by molar-refractivity contribution is 7.18. The Kier molecular flexibility index (Phi) is 6.27. The van der Waals surface area contributed by atoms with E-state index in [4.69, 9.17) is 27.9 Å². The van der Waals surface area contributed by atoms with Crippen LogP contribution >= 0.6 is 34.5 Å². The molecule has 5 nitrogen and oxygen atoms in total. The molecule has 30 heavy (non-hydrogen) atoms. The fourth-order valence-electron chi connectivity index (χ4n) is 3.07. The van der Waals surface area contributed by atoms with Crippen LogP contribution < -0.4 is 15.4 Å². The number of aryl methyl sites for hydroxylation is 1. The van der Waals surface area contributed by atoms with Crippen LogP contribution in [0.5, 0.6) is 5.75 Å². The zero-order valence-corrected chi connectivity index (χ0v) is 18.4. The number of carbonyl (C=O) groups excluding carboxylic acids is 1. The van der Waals surface area contributed by atoms with E-state index in [1.165, 1.54) is 0 Å². The first-order chi connectivity index (χ1) is 14.5. The molecule has 154 valence electrons. The summed E-state index contributed by atoms with van der Waals surface area (Å²) in [5.41, 5.74) is 2.58. The number of anilines is 1. The molecule has 1 aromatic heterocycles. The van der Waals surface area contributed by atoms with Crippen LogP contribution in [0.1, 0.15) is 17.0 Å². The van der Waals surface area contributed by atoms with Crippen LogP contribution in [-0.4, -0.2) is 17.1 Å². The summed E-state index contributed by atoms with van der Waals surface area (Å²) in [5.74, 6) is 0.722. The van der Waals surface area contributed by atoms with Crippen LogP contribution in [0, 0.1) is 6.92 Å². The molecule has 0 radical (unpaired) electrons. The molecular weight excluding hydrogens is 441 g/mol. The topological polar surface area (TPSA) is 63.2 Å². The van der Waals surface area contributed by atoms with E-state index in [1.54, 1.807) is 23.5 Å². The third-order valence-corrected chi connectivity index (χ3v) is 6.38. The van der Waals surface area contributed by atoms with Crippen molar-refractivity contribution in [2.75, 3.05) is 5.32 Å². The predicted octanol–water partition coefficient (Wildman–Crippen LogP) is 6.32. The number of amides is 2. The third kappa shape index (κ3) is 4.95. The van der Waals surface area contributed by atoms with Crippen molar-refractivity contribution < 1.29 is 9.53 Å². The molecule has 0 fully saturated rings. The highest BCUT2D eigenvalue weighted by Gasteiger charge is 2.16. The molecule has 1 aliphatic rings. The first-order valence-electron chi connectivity index (χ1n) is 9.37.